The Morgan fingerprint density at radius 1 is 1.07 bits per heavy atom. The zero-order valence-electron chi connectivity index (χ0n) is 16.8. The summed E-state index contributed by atoms with van der Waals surface area (Å²) in [6.45, 7) is 3.04. The number of carbonyl (C=O) groups excluding carboxylic acids is 2. The zero-order valence-corrected chi connectivity index (χ0v) is 17.6. The normalized spacial score (nSPS) is 21.3. The van der Waals surface area contributed by atoms with Crippen LogP contribution in [-0.2, 0) is 19.6 Å². The fraction of sp³-hybridized carbons (Fsp3) is 0.579. The molecule has 0 saturated carbocycles. The van der Waals surface area contributed by atoms with Crippen LogP contribution in [0.1, 0.15) is 6.42 Å². The summed E-state index contributed by atoms with van der Waals surface area (Å²) in [5.41, 5.74) is 0. The van der Waals surface area contributed by atoms with E-state index >= 15 is 0 Å². The van der Waals surface area contributed by atoms with Crippen LogP contribution in [-0.4, -0.2) is 99.1 Å². The molecule has 2 aliphatic rings. The molecule has 0 unspecified atom stereocenters. The second kappa shape index (κ2) is 8.76. The first-order valence-corrected chi connectivity index (χ1v) is 11.1. The molecule has 0 aromatic heterocycles. The first-order chi connectivity index (χ1) is 13.7. The topological polar surface area (TPSA) is 81.2 Å². The van der Waals surface area contributed by atoms with Crippen LogP contribution in [0, 0.1) is 11.7 Å². The molecule has 2 aliphatic heterocycles. The van der Waals surface area contributed by atoms with Crippen molar-refractivity contribution in [3.05, 3.63) is 30.1 Å². The minimum Gasteiger partial charge on any atom is -0.348 e. The number of piperazine rings is 1. The molecule has 1 aromatic rings. The van der Waals surface area contributed by atoms with E-state index < -0.39 is 15.8 Å². The number of halogens is 1. The van der Waals surface area contributed by atoms with Gasteiger partial charge in [0.1, 0.15) is 5.82 Å². The molecule has 10 heteroatoms. The third-order valence-electron chi connectivity index (χ3n) is 5.49. The first-order valence-electron chi connectivity index (χ1n) is 9.65. The number of hydrogen-bond acceptors (Lipinski definition) is 5. The Morgan fingerprint density at radius 3 is 2.28 bits per heavy atom. The molecule has 0 bridgehead atoms. The van der Waals surface area contributed by atoms with Crippen molar-refractivity contribution in [3.63, 3.8) is 0 Å². The van der Waals surface area contributed by atoms with Crippen molar-refractivity contribution in [2.75, 3.05) is 59.9 Å². The Hall–Kier alpha value is -2.04. The van der Waals surface area contributed by atoms with Crippen LogP contribution >= 0.6 is 0 Å². The summed E-state index contributed by atoms with van der Waals surface area (Å²) >= 11 is 0. The maximum absolute atomic E-state index is 13.1. The Bertz CT molecular complexity index is 851. The van der Waals surface area contributed by atoms with Crippen LogP contribution < -0.4 is 0 Å². The predicted molar refractivity (Wildman–Crippen MR) is 105 cm³/mol. The van der Waals surface area contributed by atoms with E-state index in [1.54, 1.807) is 23.9 Å². The van der Waals surface area contributed by atoms with Gasteiger partial charge in [-0.2, -0.15) is 4.31 Å². The highest BCUT2D eigenvalue weighted by molar-refractivity contribution is 7.89. The van der Waals surface area contributed by atoms with Gasteiger partial charge < -0.3 is 9.80 Å². The Morgan fingerprint density at radius 2 is 1.69 bits per heavy atom. The van der Waals surface area contributed by atoms with Crippen LogP contribution in [0.5, 0.6) is 0 Å². The van der Waals surface area contributed by atoms with Gasteiger partial charge >= 0.3 is 0 Å². The summed E-state index contributed by atoms with van der Waals surface area (Å²) in [5, 5.41) is 0. The number of hydrogen-bond donors (Lipinski definition) is 0. The molecule has 2 saturated heterocycles. The molecule has 0 radical (unpaired) electrons. The lowest BCUT2D eigenvalue weighted by molar-refractivity contribution is -0.137. The summed E-state index contributed by atoms with van der Waals surface area (Å²) in [6.07, 6.45) is 0.471. The van der Waals surface area contributed by atoms with Gasteiger partial charge in [-0.15, -0.1) is 0 Å². The van der Waals surface area contributed by atoms with Crippen molar-refractivity contribution in [1.82, 2.24) is 19.0 Å². The fourth-order valence-corrected chi connectivity index (χ4v) is 5.12. The van der Waals surface area contributed by atoms with Crippen LogP contribution in [0.4, 0.5) is 4.39 Å². The van der Waals surface area contributed by atoms with Gasteiger partial charge in [-0.1, -0.05) is 0 Å². The van der Waals surface area contributed by atoms with Crippen molar-refractivity contribution in [3.8, 4) is 0 Å². The van der Waals surface area contributed by atoms with Crippen molar-refractivity contribution >= 4 is 21.8 Å². The lowest BCUT2D eigenvalue weighted by Gasteiger charge is -2.36. The van der Waals surface area contributed by atoms with Crippen molar-refractivity contribution in [2.24, 2.45) is 5.92 Å². The fourth-order valence-electron chi connectivity index (χ4n) is 3.62. The molecule has 1 atom stereocenters. The molecule has 0 spiro atoms. The molecule has 29 heavy (non-hydrogen) atoms. The molecular weight excluding hydrogens is 399 g/mol. The molecule has 2 amide bonds. The van der Waals surface area contributed by atoms with Gasteiger partial charge in [-0.3, -0.25) is 14.5 Å². The van der Waals surface area contributed by atoms with E-state index in [1.165, 1.54) is 16.4 Å². The third-order valence-corrected chi connectivity index (χ3v) is 7.37. The average Bonchev–Trinajstić information content (AvgIpc) is 3.19. The molecule has 3 rings (SSSR count). The lowest BCUT2D eigenvalue weighted by atomic mass is 10.1. The molecule has 160 valence electrons. The molecular formula is C19H27FN4O4S. The molecule has 2 fully saturated rings. The zero-order chi connectivity index (χ0) is 21.2. The van der Waals surface area contributed by atoms with Gasteiger partial charge in [0.15, 0.2) is 0 Å². The van der Waals surface area contributed by atoms with Gasteiger partial charge in [-0.05, 0) is 30.7 Å². The summed E-state index contributed by atoms with van der Waals surface area (Å²) in [7, 11) is -0.305. The quantitative estimate of drug-likeness (QED) is 0.666. The van der Waals surface area contributed by atoms with E-state index in [2.05, 4.69) is 0 Å². The van der Waals surface area contributed by atoms with E-state index in [4.69, 9.17) is 0 Å². The maximum Gasteiger partial charge on any atom is 0.243 e. The summed E-state index contributed by atoms with van der Waals surface area (Å²) in [4.78, 5) is 30.0. The number of sulfonamides is 1. The van der Waals surface area contributed by atoms with E-state index in [-0.39, 0.29) is 35.7 Å². The van der Waals surface area contributed by atoms with Gasteiger partial charge in [-0.25, -0.2) is 12.8 Å². The smallest absolute Gasteiger partial charge is 0.243 e. The third kappa shape index (κ3) is 4.93. The second-order valence-electron chi connectivity index (χ2n) is 7.69. The number of nitrogens with zero attached hydrogens (tertiary/aromatic N) is 4. The summed E-state index contributed by atoms with van der Waals surface area (Å²) in [6, 6.07) is 4.72. The highest BCUT2D eigenvalue weighted by Crippen LogP contribution is 2.26. The number of likely N-dealkylation sites (N-methyl/N-ethyl adjacent to an activating group) is 1. The summed E-state index contributed by atoms with van der Waals surface area (Å²) in [5.74, 6) is -0.882. The number of carbonyl (C=O) groups is 2. The van der Waals surface area contributed by atoms with Gasteiger partial charge in [0, 0.05) is 53.4 Å². The summed E-state index contributed by atoms with van der Waals surface area (Å²) < 4.78 is 39.8. The largest absolute Gasteiger partial charge is 0.348 e. The van der Waals surface area contributed by atoms with E-state index in [0.717, 1.165) is 12.1 Å². The first kappa shape index (κ1) is 21.7. The highest BCUT2D eigenvalue weighted by atomic mass is 32.2. The average molecular weight is 427 g/mol. The number of benzene rings is 1. The lowest BCUT2D eigenvalue weighted by Crippen LogP contribution is -2.52. The van der Waals surface area contributed by atoms with E-state index in [9.17, 15) is 22.4 Å². The van der Waals surface area contributed by atoms with Crippen LogP contribution in [0.25, 0.3) is 0 Å². The van der Waals surface area contributed by atoms with Gasteiger partial charge in [0.2, 0.25) is 21.8 Å². The number of rotatable bonds is 5. The van der Waals surface area contributed by atoms with Crippen LogP contribution in [0.2, 0.25) is 0 Å². The predicted octanol–water partition coefficient (Wildman–Crippen LogP) is 0.0687. The highest BCUT2D eigenvalue weighted by Gasteiger charge is 2.38. The van der Waals surface area contributed by atoms with Crippen molar-refractivity contribution in [2.45, 2.75) is 11.3 Å². The minimum absolute atomic E-state index is 0.0298. The molecule has 8 nitrogen and oxygen atoms in total. The van der Waals surface area contributed by atoms with E-state index in [0.29, 0.717) is 39.1 Å². The Labute approximate surface area is 170 Å². The Kier molecular flexibility index (Phi) is 6.55. The molecule has 0 N–H and O–H groups in total. The molecule has 0 aliphatic carbocycles. The standard InChI is InChI=1S/C19H27FN4O4S/c1-21(2)18(25)14-22-9-11-23(12-10-22)19(26)15-7-8-24(13-15)29(27,28)17-5-3-16(20)4-6-17/h3-6,15H,7-14H2,1-2H3/t15-/m1/s1. The van der Waals surface area contributed by atoms with Crippen molar-refractivity contribution in [1.29, 1.82) is 0 Å². The SMILES string of the molecule is CN(C)C(=O)CN1CCN(C(=O)[C@@H]2CCN(S(=O)(=O)c3ccc(F)cc3)C2)CC1. The molecule has 2 heterocycles. The maximum atomic E-state index is 13.1. The van der Waals surface area contributed by atoms with Gasteiger partial charge in [0.25, 0.3) is 0 Å². The Balaban J connectivity index is 1.54. The van der Waals surface area contributed by atoms with Crippen LogP contribution in [0.15, 0.2) is 29.2 Å². The van der Waals surface area contributed by atoms with Gasteiger partial charge in [0.05, 0.1) is 17.4 Å². The number of amides is 2. The van der Waals surface area contributed by atoms with Crippen LogP contribution in [0.3, 0.4) is 0 Å². The van der Waals surface area contributed by atoms with E-state index in [1.807, 2.05) is 4.90 Å². The molecule has 1 aromatic carbocycles. The monoisotopic (exact) mass is 426 g/mol. The van der Waals surface area contributed by atoms with Crippen molar-refractivity contribution < 1.29 is 22.4 Å². The second-order valence-corrected chi connectivity index (χ2v) is 9.63. The minimum atomic E-state index is -3.74.